The number of fused-ring (bicyclic) bond motifs is 2. The number of aliphatic hydroxyl groups excluding tert-OH is 1. The van der Waals surface area contributed by atoms with Crippen LogP contribution in [0.1, 0.15) is 117 Å². The highest BCUT2D eigenvalue weighted by molar-refractivity contribution is 5.98. The van der Waals surface area contributed by atoms with E-state index in [0.29, 0.717) is 32.2 Å². The number of rotatable bonds is 32. The highest BCUT2D eigenvalue weighted by Crippen LogP contribution is 2.13. The van der Waals surface area contributed by atoms with Crippen LogP contribution in [0.3, 0.4) is 0 Å². The Morgan fingerprint density at radius 2 is 1.33 bits per heavy atom. The molecule has 0 saturated heterocycles. The maximum atomic E-state index is 14.5. The Bertz CT molecular complexity index is 2400. The maximum Gasteiger partial charge on any atom is 0.245 e. The molecule has 33 nitrogen and oxygen atoms in total. The van der Waals surface area contributed by atoms with Gasteiger partial charge < -0.3 is 92.7 Å². The van der Waals surface area contributed by atoms with Crippen molar-refractivity contribution >= 4 is 76.8 Å². The van der Waals surface area contributed by atoms with Crippen LogP contribution in [0.5, 0.6) is 0 Å². The van der Waals surface area contributed by atoms with Gasteiger partial charge in [-0.2, -0.15) is 0 Å². The van der Waals surface area contributed by atoms with Crippen molar-refractivity contribution in [3.05, 3.63) is 11.9 Å². The number of carbonyl (C=O) groups is 12. The number of nitrogens with two attached hydrogens (primary N) is 6. The van der Waals surface area contributed by atoms with Gasteiger partial charge in [-0.3, -0.25) is 62.5 Å². The predicted molar refractivity (Wildman–Crippen MR) is 299 cm³/mol. The minimum Gasteiger partial charge on any atom is -0.394 e. The van der Waals surface area contributed by atoms with Crippen LogP contribution in [0.4, 0.5) is 0 Å². The second-order valence-electron chi connectivity index (χ2n) is 20.7. The maximum absolute atomic E-state index is 14.5. The van der Waals surface area contributed by atoms with Crippen LogP contribution < -0.4 is 87.6 Å². The molecule has 12 amide bonds. The van der Waals surface area contributed by atoms with E-state index in [2.05, 4.69) is 68.5 Å². The fourth-order valence-corrected chi connectivity index (χ4v) is 8.45. The number of hydrogen-bond acceptors (Lipinski definition) is 18. The molecule has 0 aliphatic carbocycles. The molecular weight excluding hydrogens is 1090 g/mol. The Hall–Kier alpha value is -8.07. The lowest BCUT2D eigenvalue weighted by Gasteiger charge is -2.29. The van der Waals surface area contributed by atoms with Crippen LogP contribution in [0, 0.1) is 11.8 Å². The van der Waals surface area contributed by atoms with Gasteiger partial charge in [0, 0.05) is 32.5 Å². The summed E-state index contributed by atoms with van der Waals surface area (Å²) in [5.41, 5.74) is 33.1. The van der Waals surface area contributed by atoms with Gasteiger partial charge in [-0.1, -0.05) is 39.3 Å². The first-order valence-corrected chi connectivity index (χ1v) is 27.7. The van der Waals surface area contributed by atoms with E-state index in [0.717, 1.165) is 4.68 Å². The van der Waals surface area contributed by atoms with E-state index in [1.54, 1.807) is 27.7 Å². The molecule has 466 valence electrons. The quantitative estimate of drug-likeness (QED) is 0.0181. The number of unbranched alkanes of at least 4 members (excludes halogenated alkanes) is 2. The molecule has 0 aromatic carbocycles. The third kappa shape index (κ3) is 26.6. The number of hydrogen-bond donors (Lipinski definition) is 17. The first kappa shape index (κ1) is 71.0. The van der Waals surface area contributed by atoms with Crippen molar-refractivity contribution in [3.63, 3.8) is 0 Å². The Kier molecular flexibility index (Phi) is 31.8. The SMILES string of the molecule is CC[C@H](C)[C@@H]1NC(=O)[C@H](CO)NC(=O)[C@@H](NC(=O)CNC(=O)[C@H](CCCCN)NC(=O)[C@H](CCCCN)NC(C)=O)Cn2cc(nn2)C[C@@H](C(=O)N[C@@H](CC(C)C)C(=O)N[C@@H](CCCN=C(N)N)C(N)=O)NC(=O)[C@H](CCC(N)=O)NC1=O. The number of amides is 12. The zero-order valence-electron chi connectivity index (χ0n) is 48.0. The van der Waals surface area contributed by atoms with Gasteiger partial charge >= 0.3 is 0 Å². The normalized spacial score (nSPS) is 19.7. The summed E-state index contributed by atoms with van der Waals surface area (Å²) in [7, 11) is 0. The van der Waals surface area contributed by atoms with Crippen LogP contribution in [0.25, 0.3) is 0 Å². The van der Waals surface area contributed by atoms with Gasteiger partial charge in [0.25, 0.3) is 0 Å². The smallest absolute Gasteiger partial charge is 0.245 e. The molecule has 2 heterocycles. The summed E-state index contributed by atoms with van der Waals surface area (Å²) in [5.74, 6) is -11.7. The number of primary amides is 2. The third-order valence-corrected chi connectivity index (χ3v) is 13.2. The predicted octanol–water partition coefficient (Wildman–Crippen LogP) is -7.52. The van der Waals surface area contributed by atoms with Crippen LogP contribution in [-0.2, 0) is 70.5 Å². The molecular formula is C50H88N20O13. The van der Waals surface area contributed by atoms with Crippen LogP contribution in [0.2, 0.25) is 0 Å². The molecule has 23 N–H and O–H groups in total. The lowest BCUT2D eigenvalue weighted by Crippen LogP contribution is -2.62. The van der Waals surface area contributed by atoms with E-state index in [1.807, 2.05) is 0 Å². The van der Waals surface area contributed by atoms with Crippen LogP contribution in [-0.4, -0.2) is 184 Å². The summed E-state index contributed by atoms with van der Waals surface area (Å²) >= 11 is 0. The Labute approximate surface area is 481 Å². The van der Waals surface area contributed by atoms with E-state index < -0.39 is 170 Å². The number of nitrogens with zero attached hydrogens (tertiary/aromatic N) is 4. The fourth-order valence-electron chi connectivity index (χ4n) is 8.45. The number of aliphatic imine (C=N–C) groups is 1. The molecule has 1 aliphatic rings. The second kappa shape index (κ2) is 37.1. The van der Waals surface area contributed by atoms with E-state index in [1.165, 1.54) is 13.1 Å². The molecule has 33 heteroatoms. The number of aromatic nitrogens is 3. The molecule has 1 aromatic heterocycles. The average molecular weight is 1180 g/mol. The third-order valence-electron chi connectivity index (χ3n) is 13.2. The van der Waals surface area contributed by atoms with Crippen molar-refractivity contribution in [3.8, 4) is 0 Å². The van der Waals surface area contributed by atoms with Gasteiger partial charge in [0.1, 0.15) is 54.4 Å². The monoisotopic (exact) mass is 1180 g/mol. The van der Waals surface area contributed by atoms with Crippen molar-refractivity contribution < 1.29 is 62.6 Å². The number of nitrogens with one attached hydrogen (secondary N) is 10. The Morgan fingerprint density at radius 1 is 0.735 bits per heavy atom. The molecule has 0 spiro atoms. The molecule has 1 aromatic rings. The molecule has 83 heavy (non-hydrogen) atoms. The van der Waals surface area contributed by atoms with Crippen molar-refractivity contribution in [1.29, 1.82) is 0 Å². The first-order valence-electron chi connectivity index (χ1n) is 27.7. The second-order valence-corrected chi connectivity index (χ2v) is 20.7. The van der Waals surface area contributed by atoms with Gasteiger partial charge in [0.15, 0.2) is 5.96 Å². The number of guanidine groups is 1. The molecule has 2 rings (SSSR count). The highest BCUT2D eigenvalue weighted by Gasteiger charge is 2.37. The number of carbonyl (C=O) groups excluding carboxylic acids is 12. The summed E-state index contributed by atoms with van der Waals surface area (Å²) < 4.78 is 1.06. The van der Waals surface area contributed by atoms with Crippen molar-refractivity contribution in [2.24, 2.45) is 51.2 Å². The largest absolute Gasteiger partial charge is 0.394 e. The van der Waals surface area contributed by atoms with Crippen LogP contribution >= 0.6 is 0 Å². The Balaban J connectivity index is 2.67. The van der Waals surface area contributed by atoms with Gasteiger partial charge in [-0.15, -0.1) is 5.10 Å². The Morgan fingerprint density at radius 3 is 1.89 bits per heavy atom. The van der Waals surface area contributed by atoms with Crippen molar-refractivity contribution in [2.45, 2.75) is 179 Å². The molecule has 10 atom stereocenters. The molecule has 2 bridgehead atoms. The van der Waals surface area contributed by atoms with Crippen molar-refractivity contribution in [2.75, 3.05) is 32.8 Å². The van der Waals surface area contributed by atoms with Gasteiger partial charge in [0.05, 0.1) is 25.4 Å². The topological polar surface area (TPSA) is 545 Å². The van der Waals surface area contributed by atoms with Gasteiger partial charge in [-0.25, -0.2) is 4.68 Å². The summed E-state index contributed by atoms with van der Waals surface area (Å²) in [4.78, 5) is 166. The molecule has 0 saturated carbocycles. The van der Waals surface area contributed by atoms with Crippen molar-refractivity contribution in [1.82, 2.24) is 68.2 Å². The average Bonchev–Trinajstić information content (AvgIpc) is 3.96. The summed E-state index contributed by atoms with van der Waals surface area (Å²) in [6.07, 6.45) is 2.67. The minimum atomic E-state index is -1.76. The lowest BCUT2D eigenvalue weighted by molar-refractivity contribution is -0.137. The number of aliphatic hydroxyl groups is 1. The van der Waals surface area contributed by atoms with E-state index >= 15 is 0 Å². The fraction of sp³-hybridized carbons (Fsp3) is 0.700. The minimum absolute atomic E-state index is 0.00612. The zero-order valence-corrected chi connectivity index (χ0v) is 48.0. The molecule has 0 radical (unpaired) electrons. The lowest BCUT2D eigenvalue weighted by atomic mass is 9.97. The summed E-state index contributed by atoms with van der Waals surface area (Å²) in [6.45, 7) is 6.40. The first-order chi connectivity index (χ1) is 39.2. The summed E-state index contributed by atoms with van der Waals surface area (Å²) in [5, 5.41) is 43.8. The van der Waals surface area contributed by atoms with Crippen LogP contribution in [0.15, 0.2) is 11.2 Å². The molecule has 0 unspecified atom stereocenters. The zero-order chi connectivity index (χ0) is 62.3. The van der Waals surface area contributed by atoms with Gasteiger partial charge in [0.2, 0.25) is 70.9 Å². The standard InChI is InChI=1S/C50H88N20O13/c1-6-27(4)40-49(83)63-33(15-16-38(53)73)44(78)65-35(46(80)64-34(20-26(2)3)45(79)61-30(41(54)75)14-11-19-57-50(55)56)21-29-23-70(69-68-29)24-36(47(81)66-37(25-71)48(82)67-40)60-39(74)22-58-42(76)31(12-7-9-17-51)62-43(77)32(59-28(5)72)13-8-10-18-52/h23,26-27,30-37,40,71H,6-22,24-25,51-52H2,1-5H3,(H2,53,73)(H2,54,75)(H,58,76)(H,59,72)(H,60,74)(H,61,79)(H,62,77)(H,63,83)(H,64,80)(H,65,78)(H,66,81)(H,67,82)(H4,55,56,57)/t27-,30-,31-,32-,33-,34-,35-,36-,37-,40-/m0/s1. The highest BCUT2D eigenvalue weighted by atomic mass is 16.3. The van der Waals surface area contributed by atoms with Gasteiger partial charge in [-0.05, 0) is 89.1 Å². The summed E-state index contributed by atoms with van der Waals surface area (Å²) in [6, 6.07) is -12.9. The van der Waals surface area contributed by atoms with E-state index in [4.69, 9.17) is 34.4 Å². The van der Waals surface area contributed by atoms with E-state index in [9.17, 15) is 62.6 Å². The molecule has 1 aliphatic heterocycles. The van der Waals surface area contributed by atoms with E-state index in [-0.39, 0.29) is 69.2 Å². The molecule has 0 fully saturated rings.